The van der Waals surface area contributed by atoms with Crippen molar-refractivity contribution in [2.24, 2.45) is 0 Å². The van der Waals surface area contributed by atoms with Gasteiger partial charge in [-0.25, -0.2) is 4.99 Å². The maximum atomic E-state index is 3.94. The van der Waals surface area contributed by atoms with E-state index < -0.39 is 0 Å². The zero-order valence-electron chi connectivity index (χ0n) is 7.75. The Kier molecular flexibility index (Phi) is 1.37. The van der Waals surface area contributed by atoms with E-state index in [1.807, 2.05) is 12.1 Å². The van der Waals surface area contributed by atoms with Gasteiger partial charge in [0.15, 0.2) is 0 Å². The van der Waals surface area contributed by atoms with Crippen molar-refractivity contribution in [1.82, 2.24) is 0 Å². The number of fused-ring (bicyclic) bond motifs is 3. The highest BCUT2D eigenvalue weighted by Crippen LogP contribution is 2.21. The van der Waals surface area contributed by atoms with Crippen LogP contribution < -0.4 is 15.6 Å². The first-order chi connectivity index (χ1) is 6.84. The van der Waals surface area contributed by atoms with E-state index in [1.165, 1.54) is 22.2 Å². The lowest BCUT2D eigenvalue weighted by atomic mass is 10.1. The zero-order valence-corrected chi connectivity index (χ0v) is 7.75. The number of hydrogen-bond acceptors (Lipinski definition) is 0. The SMILES string of the molecule is C=c1ccc2c(c1)-c1ccccc1[NH+]=2. The van der Waals surface area contributed by atoms with Crippen LogP contribution in [-0.2, 0) is 0 Å². The van der Waals surface area contributed by atoms with Gasteiger partial charge in [0.05, 0.1) is 11.1 Å². The van der Waals surface area contributed by atoms with E-state index in [0.717, 1.165) is 5.22 Å². The minimum absolute atomic E-state index is 1.06. The maximum Gasteiger partial charge on any atom is 0.212 e. The van der Waals surface area contributed by atoms with Gasteiger partial charge in [-0.15, -0.1) is 0 Å². The molecule has 66 valence electrons. The average Bonchev–Trinajstić information content (AvgIpc) is 2.56. The molecule has 0 aromatic heterocycles. The predicted octanol–water partition coefficient (Wildman–Crippen LogP) is 0.109. The molecule has 1 heterocycles. The predicted molar refractivity (Wildman–Crippen MR) is 56.4 cm³/mol. The van der Waals surface area contributed by atoms with Crippen molar-refractivity contribution in [2.75, 3.05) is 0 Å². The van der Waals surface area contributed by atoms with Crippen LogP contribution in [0.4, 0.5) is 5.69 Å². The monoisotopic (exact) mass is 180 g/mol. The average molecular weight is 180 g/mol. The van der Waals surface area contributed by atoms with Gasteiger partial charge in [-0.3, -0.25) is 0 Å². The van der Waals surface area contributed by atoms with Crippen molar-refractivity contribution in [3.63, 3.8) is 0 Å². The standard InChI is InChI=1S/C13H9N/c1-9-6-7-13-11(8-9)10-4-2-3-5-12(10)14-13/h2-8H,1H2/p+1. The molecule has 0 atom stereocenters. The highest BCUT2D eigenvalue weighted by Gasteiger charge is 2.17. The summed E-state index contributed by atoms with van der Waals surface area (Å²) in [4.78, 5) is 3.38. The number of hydrogen-bond donors (Lipinski definition) is 1. The van der Waals surface area contributed by atoms with Gasteiger partial charge in [-0.1, -0.05) is 18.7 Å². The fourth-order valence-corrected chi connectivity index (χ4v) is 1.90. The van der Waals surface area contributed by atoms with Gasteiger partial charge in [0.1, 0.15) is 0 Å². The second-order valence-corrected chi connectivity index (χ2v) is 3.55. The molecule has 1 heteroatoms. The fourth-order valence-electron chi connectivity index (χ4n) is 1.90. The molecule has 3 rings (SSSR count). The molecule has 0 bridgehead atoms. The van der Waals surface area contributed by atoms with Crippen molar-refractivity contribution in [1.29, 1.82) is 0 Å². The molecule has 0 amide bonds. The van der Waals surface area contributed by atoms with Crippen LogP contribution >= 0.6 is 0 Å². The first-order valence-electron chi connectivity index (χ1n) is 4.67. The molecule has 1 N–H and O–H groups in total. The number of rotatable bonds is 0. The highest BCUT2D eigenvalue weighted by molar-refractivity contribution is 5.74. The molecule has 0 saturated carbocycles. The molecular formula is C13H10N+. The van der Waals surface area contributed by atoms with Gasteiger partial charge < -0.3 is 0 Å². The third-order valence-corrected chi connectivity index (χ3v) is 2.57. The van der Waals surface area contributed by atoms with E-state index in [9.17, 15) is 0 Å². The summed E-state index contributed by atoms with van der Waals surface area (Å²) in [6.07, 6.45) is 0. The minimum Gasteiger partial charge on any atom is -0.204 e. The van der Waals surface area contributed by atoms with E-state index in [-0.39, 0.29) is 0 Å². The van der Waals surface area contributed by atoms with Crippen LogP contribution in [0.15, 0.2) is 42.5 Å². The second kappa shape index (κ2) is 2.55. The smallest absolute Gasteiger partial charge is 0.204 e. The Morgan fingerprint density at radius 3 is 2.71 bits per heavy atom. The first-order valence-corrected chi connectivity index (χ1v) is 4.67. The molecule has 1 aliphatic heterocycles. The number of para-hydroxylation sites is 1. The molecule has 14 heavy (non-hydrogen) atoms. The van der Waals surface area contributed by atoms with Crippen LogP contribution in [-0.4, -0.2) is 0 Å². The topological polar surface area (TPSA) is 14.0 Å². The Bertz CT molecular complexity index is 611. The van der Waals surface area contributed by atoms with Crippen molar-refractivity contribution >= 4 is 12.3 Å². The molecule has 0 unspecified atom stereocenters. The fraction of sp³-hybridized carbons (Fsp3) is 0. The highest BCUT2D eigenvalue weighted by atomic mass is 14.8. The van der Waals surface area contributed by atoms with Crippen LogP contribution in [0.1, 0.15) is 0 Å². The van der Waals surface area contributed by atoms with E-state index in [4.69, 9.17) is 0 Å². The van der Waals surface area contributed by atoms with E-state index in [0.29, 0.717) is 0 Å². The summed E-state index contributed by atoms with van der Waals surface area (Å²) < 4.78 is 0. The summed E-state index contributed by atoms with van der Waals surface area (Å²) in [5.74, 6) is 0. The number of benzene rings is 2. The Morgan fingerprint density at radius 2 is 1.79 bits per heavy atom. The molecule has 0 saturated heterocycles. The van der Waals surface area contributed by atoms with Gasteiger partial charge in [-0.05, 0) is 23.4 Å². The summed E-state index contributed by atoms with van der Waals surface area (Å²) in [5.41, 5.74) is 3.72. The molecule has 0 spiro atoms. The molecule has 0 fully saturated rings. The maximum absolute atomic E-state index is 3.94. The quantitative estimate of drug-likeness (QED) is 0.505. The van der Waals surface area contributed by atoms with E-state index >= 15 is 0 Å². The van der Waals surface area contributed by atoms with Crippen LogP contribution in [0.5, 0.6) is 0 Å². The largest absolute Gasteiger partial charge is 0.212 e. The lowest BCUT2D eigenvalue weighted by molar-refractivity contribution is -0.397. The van der Waals surface area contributed by atoms with Crippen molar-refractivity contribution < 1.29 is 4.99 Å². The molecule has 1 nitrogen and oxygen atoms in total. The van der Waals surface area contributed by atoms with Crippen LogP contribution in [0.25, 0.3) is 17.7 Å². The van der Waals surface area contributed by atoms with Gasteiger partial charge >= 0.3 is 0 Å². The van der Waals surface area contributed by atoms with E-state index in [1.54, 1.807) is 0 Å². The summed E-state index contributed by atoms with van der Waals surface area (Å²) in [6.45, 7) is 3.94. The van der Waals surface area contributed by atoms with Crippen molar-refractivity contribution in [2.45, 2.75) is 0 Å². The molecule has 0 radical (unpaired) electrons. The molecule has 2 aromatic carbocycles. The van der Waals surface area contributed by atoms with Crippen molar-refractivity contribution in [3.05, 3.63) is 53.0 Å². The lowest BCUT2D eigenvalue weighted by Gasteiger charge is -1.92. The lowest BCUT2D eigenvalue weighted by Crippen LogP contribution is -2.68. The van der Waals surface area contributed by atoms with Gasteiger partial charge in [0, 0.05) is 12.1 Å². The van der Waals surface area contributed by atoms with Gasteiger partial charge in [-0.2, -0.15) is 0 Å². The second-order valence-electron chi connectivity index (χ2n) is 3.55. The van der Waals surface area contributed by atoms with E-state index in [2.05, 4.69) is 41.9 Å². The van der Waals surface area contributed by atoms with Crippen LogP contribution in [0.2, 0.25) is 0 Å². The Labute approximate surface area is 82.1 Å². The van der Waals surface area contributed by atoms with Crippen LogP contribution in [0, 0.1) is 0 Å². The summed E-state index contributed by atoms with van der Waals surface area (Å²) in [5, 5.41) is 2.24. The van der Waals surface area contributed by atoms with Gasteiger partial charge in [0.25, 0.3) is 0 Å². The molecule has 0 aliphatic carbocycles. The summed E-state index contributed by atoms with van der Waals surface area (Å²) in [6, 6.07) is 14.6. The third-order valence-electron chi connectivity index (χ3n) is 2.57. The molecule has 2 aromatic rings. The Hall–Kier alpha value is -1.89. The number of nitrogens with one attached hydrogen (secondary N) is 1. The minimum atomic E-state index is 1.06. The third kappa shape index (κ3) is 0.925. The Morgan fingerprint density at radius 1 is 0.929 bits per heavy atom. The first kappa shape index (κ1) is 7.51. The van der Waals surface area contributed by atoms with Crippen LogP contribution in [0.3, 0.4) is 0 Å². The van der Waals surface area contributed by atoms with Gasteiger partial charge in [0.2, 0.25) is 11.0 Å². The zero-order chi connectivity index (χ0) is 9.54. The normalized spacial score (nSPS) is 11.7. The Balaban J connectivity index is 2.45. The summed E-state index contributed by atoms with van der Waals surface area (Å²) in [7, 11) is 0. The molecule has 1 aliphatic rings. The van der Waals surface area contributed by atoms with Crippen molar-refractivity contribution in [3.8, 4) is 11.1 Å². The summed E-state index contributed by atoms with van der Waals surface area (Å²) >= 11 is 0. The molecular weight excluding hydrogens is 170 g/mol.